The van der Waals surface area contributed by atoms with Crippen LogP contribution in [-0.2, 0) is 13.2 Å². The monoisotopic (exact) mass is 497 g/mol. The highest BCUT2D eigenvalue weighted by Gasteiger charge is 2.59. The van der Waals surface area contributed by atoms with Crippen LogP contribution in [0.15, 0.2) is 46.9 Å². The topological polar surface area (TPSA) is 30.5 Å². The Kier molecular flexibility index (Phi) is 5.82. The van der Waals surface area contributed by atoms with Crippen molar-refractivity contribution < 1.29 is 9.47 Å². The number of benzene rings is 2. The quantitative estimate of drug-likeness (QED) is 0.415. The first kappa shape index (κ1) is 22.3. The molecule has 0 spiro atoms. The number of hydrogen-bond acceptors (Lipinski definition) is 3. The Hall–Kier alpha value is -1.52. The van der Waals surface area contributed by atoms with Crippen LogP contribution in [0.4, 0.5) is 0 Å². The molecule has 2 aromatic rings. The van der Waals surface area contributed by atoms with Crippen LogP contribution in [0.25, 0.3) is 0 Å². The van der Waals surface area contributed by atoms with Crippen molar-refractivity contribution >= 4 is 15.9 Å². The predicted molar refractivity (Wildman–Crippen MR) is 133 cm³/mol. The van der Waals surface area contributed by atoms with E-state index in [-0.39, 0.29) is 0 Å². The molecule has 0 aromatic heterocycles. The lowest BCUT2D eigenvalue weighted by Crippen LogP contribution is -2.63. The zero-order chi connectivity index (χ0) is 22.4. The molecule has 4 aliphatic rings. The molecule has 4 fully saturated rings. The molecule has 0 amide bonds. The number of hydrogen-bond donors (Lipinski definition) is 1. The Bertz CT molecular complexity index is 957. The van der Waals surface area contributed by atoms with Crippen molar-refractivity contribution in [1.29, 1.82) is 0 Å². The van der Waals surface area contributed by atoms with Gasteiger partial charge in [-0.3, -0.25) is 0 Å². The van der Waals surface area contributed by atoms with E-state index in [9.17, 15) is 0 Å². The molecule has 6 rings (SSSR count). The first-order valence-electron chi connectivity index (χ1n) is 12.2. The molecule has 2 aromatic carbocycles. The summed E-state index contributed by atoms with van der Waals surface area (Å²) in [7, 11) is 0. The maximum atomic E-state index is 6.17. The second-order valence-corrected chi connectivity index (χ2v) is 12.2. The Morgan fingerprint density at radius 2 is 1.66 bits per heavy atom. The van der Waals surface area contributed by atoms with Crippen LogP contribution in [0.1, 0.15) is 70.4 Å². The molecule has 4 bridgehead atoms. The summed E-state index contributed by atoms with van der Waals surface area (Å²) in [6, 6.07) is 14.6. The summed E-state index contributed by atoms with van der Waals surface area (Å²) in [5.74, 6) is 2.50. The van der Waals surface area contributed by atoms with Crippen molar-refractivity contribution in [1.82, 2.24) is 5.32 Å². The lowest BCUT2D eigenvalue weighted by Gasteiger charge is -2.65. The van der Waals surface area contributed by atoms with Gasteiger partial charge >= 0.3 is 0 Å². The van der Waals surface area contributed by atoms with E-state index >= 15 is 0 Å². The molecule has 0 radical (unpaired) electrons. The third kappa shape index (κ3) is 4.46. The molecule has 32 heavy (non-hydrogen) atoms. The van der Waals surface area contributed by atoms with Crippen LogP contribution in [0.3, 0.4) is 0 Å². The van der Waals surface area contributed by atoms with E-state index in [4.69, 9.17) is 9.47 Å². The lowest BCUT2D eigenvalue weighted by atomic mass is 9.43. The molecule has 0 aliphatic heterocycles. The number of halogens is 1. The molecule has 3 nitrogen and oxygen atoms in total. The third-order valence-corrected chi connectivity index (χ3v) is 8.48. The normalized spacial score (nSPS) is 32.8. The summed E-state index contributed by atoms with van der Waals surface area (Å²) in [5.41, 5.74) is 3.74. The van der Waals surface area contributed by atoms with Gasteiger partial charge in [0.1, 0.15) is 6.61 Å². The van der Waals surface area contributed by atoms with Crippen LogP contribution < -0.4 is 14.8 Å². The molecular weight excluding hydrogens is 462 g/mol. The number of ether oxygens (including phenoxy) is 2. The minimum atomic E-state index is 0.295. The Labute approximate surface area is 201 Å². The molecule has 172 valence electrons. The van der Waals surface area contributed by atoms with Crippen LogP contribution >= 0.6 is 15.9 Å². The van der Waals surface area contributed by atoms with Gasteiger partial charge in [-0.05, 0) is 101 Å². The van der Waals surface area contributed by atoms with E-state index in [0.717, 1.165) is 34.0 Å². The van der Waals surface area contributed by atoms with Crippen LogP contribution in [0.5, 0.6) is 11.5 Å². The average molecular weight is 499 g/mol. The number of nitrogens with one attached hydrogen (secondary N) is 1. The smallest absolute Gasteiger partial charge is 0.175 e. The molecule has 4 aliphatic carbocycles. The fourth-order valence-electron chi connectivity index (χ4n) is 7.79. The highest BCUT2D eigenvalue weighted by atomic mass is 79.9. The molecule has 0 heterocycles. The van der Waals surface area contributed by atoms with E-state index in [1.54, 1.807) is 0 Å². The second kappa shape index (κ2) is 8.36. The molecule has 2 unspecified atom stereocenters. The van der Waals surface area contributed by atoms with Gasteiger partial charge in [-0.25, -0.2) is 0 Å². The Morgan fingerprint density at radius 1 is 0.938 bits per heavy atom. The molecule has 1 N–H and O–H groups in total. The highest BCUT2D eigenvalue weighted by molar-refractivity contribution is 9.10. The van der Waals surface area contributed by atoms with Crippen molar-refractivity contribution in [3.05, 3.63) is 58.1 Å². The van der Waals surface area contributed by atoms with Crippen LogP contribution in [-0.4, -0.2) is 12.1 Å². The first-order chi connectivity index (χ1) is 15.3. The largest absolute Gasteiger partial charge is 0.490 e. The molecule has 0 saturated heterocycles. The zero-order valence-corrected chi connectivity index (χ0v) is 21.3. The molecule has 4 saturated carbocycles. The molecule has 4 atom stereocenters. The highest BCUT2D eigenvalue weighted by Crippen LogP contribution is 2.66. The minimum absolute atomic E-state index is 0.295. The summed E-state index contributed by atoms with van der Waals surface area (Å²) < 4.78 is 13.1. The Balaban J connectivity index is 1.32. The lowest BCUT2D eigenvalue weighted by molar-refractivity contribution is -0.118. The first-order valence-corrected chi connectivity index (χ1v) is 13.0. The molecule has 4 heteroatoms. The Morgan fingerprint density at radius 3 is 2.31 bits per heavy atom. The van der Waals surface area contributed by atoms with Gasteiger partial charge in [0, 0.05) is 12.1 Å². The average Bonchev–Trinajstić information content (AvgIpc) is 2.70. The fraction of sp³-hybridized carbons (Fsp3) is 0.571. The predicted octanol–water partition coefficient (Wildman–Crippen LogP) is 7.27. The van der Waals surface area contributed by atoms with Gasteiger partial charge in [0.2, 0.25) is 0 Å². The van der Waals surface area contributed by atoms with Gasteiger partial charge < -0.3 is 14.8 Å². The summed E-state index contributed by atoms with van der Waals surface area (Å²) in [4.78, 5) is 0. The van der Waals surface area contributed by atoms with E-state index < -0.39 is 0 Å². The van der Waals surface area contributed by atoms with Gasteiger partial charge in [-0.1, -0.05) is 44.2 Å². The van der Waals surface area contributed by atoms with Gasteiger partial charge in [0.25, 0.3) is 0 Å². The minimum Gasteiger partial charge on any atom is -0.490 e. The third-order valence-electron chi connectivity index (χ3n) is 7.89. The summed E-state index contributed by atoms with van der Waals surface area (Å²) in [5, 5.41) is 4.05. The van der Waals surface area contributed by atoms with Crippen LogP contribution in [0, 0.1) is 16.7 Å². The SMILES string of the molecule is CCOc1cc(CNC23CC4C[C@@](C)(C2)C[C@](C)(C4)C3)cc(Br)c1OCc1ccccc1. The maximum Gasteiger partial charge on any atom is 0.175 e. The summed E-state index contributed by atoms with van der Waals surface area (Å²) in [6.45, 7) is 9.11. The van der Waals surface area contributed by atoms with E-state index in [2.05, 4.69) is 59.4 Å². The van der Waals surface area contributed by atoms with E-state index in [1.165, 1.54) is 44.1 Å². The van der Waals surface area contributed by atoms with Crippen molar-refractivity contribution in [3.63, 3.8) is 0 Å². The van der Waals surface area contributed by atoms with Crippen LogP contribution in [0.2, 0.25) is 0 Å². The standard InChI is InChI=1S/C28H36BrNO2/c1-4-31-24-11-21(10-23(29)25(24)32-16-20-8-6-5-7-9-20)15-30-28-14-22-12-26(2,18-28)17-27(3,13-22)19-28/h5-11,22,30H,4,12-19H2,1-3H3/t22?,26-,27+,28?. The van der Waals surface area contributed by atoms with Crippen molar-refractivity contribution in [3.8, 4) is 11.5 Å². The second-order valence-electron chi connectivity index (χ2n) is 11.4. The van der Waals surface area contributed by atoms with Crippen molar-refractivity contribution in [2.45, 2.75) is 78.0 Å². The fourth-order valence-corrected chi connectivity index (χ4v) is 8.39. The van der Waals surface area contributed by atoms with Crippen molar-refractivity contribution in [2.75, 3.05) is 6.61 Å². The van der Waals surface area contributed by atoms with E-state index in [0.29, 0.717) is 29.6 Å². The summed E-state index contributed by atoms with van der Waals surface area (Å²) in [6.07, 6.45) is 8.26. The van der Waals surface area contributed by atoms with Gasteiger partial charge in [0.05, 0.1) is 11.1 Å². The van der Waals surface area contributed by atoms with Gasteiger partial charge in [-0.15, -0.1) is 0 Å². The van der Waals surface area contributed by atoms with Gasteiger partial charge in [-0.2, -0.15) is 0 Å². The number of rotatable bonds is 8. The maximum absolute atomic E-state index is 6.17. The summed E-state index contributed by atoms with van der Waals surface area (Å²) >= 11 is 3.76. The van der Waals surface area contributed by atoms with Crippen molar-refractivity contribution in [2.24, 2.45) is 16.7 Å². The molecular formula is C28H36BrNO2. The van der Waals surface area contributed by atoms with Gasteiger partial charge in [0.15, 0.2) is 11.5 Å². The van der Waals surface area contributed by atoms with E-state index in [1.807, 2.05) is 25.1 Å². The zero-order valence-electron chi connectivity index (χ0n) is 19.7.